The van der Waals surface area contributed by atoms with E-state index in [0.717, 1.165) is 17.0 Å². The molecule has 0 fully saturated rings. The predicted molar refractivity (Wildman–Crippen MR) is 80.8 cm³/mol. The Bertz CT molecular complexity index is 477. The molecule has 1 aromatic carbocycles. The van der Waals surface area contributed by atoms with Crippen LogP contribution in [0.25, 0.3) is 0 Å². The average Bonchev–Trinajstić information content (AvgIpc) is 2.43. The highest BCUT2D eigenvalue weighted by atomic mass is 32.1. The smallest absolute Gasteiger partial charge is 0.221 e. The van der Waals surface area contributed by atoms with Gasteiger partial charge in [0.15, 0.2) is 0 Å². The Balaban J connectivity index is 2.95. The van der Waals surface area contributed by atoms with E-state index in [1.807, 2.05) is 30.1 Å². The molecule has 0 atom stereocenters. The van der Waals surface area contributed by atoms with Crippen LogP contribution in [0, 0.1) is 0 Å². The van der Waals surface area contributed by atoms with Crippen molar-refractivity contribution in [1.82, 2.24) is 5.32 Å². The maximum Gasteiger partial charge on any atom is 0.221 e. The molecule has 1 rings (SSSR count). The van der Waals surface area contributed by atoms with E-state index in [0.29, 0.717) is 18.0 Å². The summed E-state index contributed by atoms with van der Waals surface area (Å²) in [5.74, 6) is 0.716. The molecule has 19 heavy (non-hydrogen) atoms. The predicted octanol–water partition coefficient (Wildman–Crippen LogP) is 0.902. The lowest BCUT2D eigenvalue weighted by Crippen LogP contribution is -2.28. The first-order valence-electron chi connectivity index (χ1n) is 5.89. The van der Waals surface area contributed by atoms with E-state index in [4.69, 9.17) is 22.7 Å². The minimum atomic E-state index is -0.00776. The van der Waals surface area contributed by atoms with Gasteiger partial charge in [-0.05, 0) is 12.1 Å². The summed E-state index contributed by atoms with van der Waals surface area (Å²) in [5, 5.41) is 2.59. The number of rotatable bonds is 6. The first kappa shape index (κ1) is 15.2. The number of ether oxygens (including phenoxy) is 1. The second-order valence-corrected chi connectivity index (χ2v) is 4.53. The lowest BCUT2D eigenvalue weighted by Gasteiger charge is -2.22. The topological polar surface area (TPSA) is 67.6 Å². The molecular weight excluding hydrogens is 262 g/mol. The van der Waals surface area contributed by atoms with Gasteiger partial charge in [-0.3, -0.25) is 4.79 Å². The summed E-state index contributed by atoms with van der Waals surface area (Å²) >= 11 is 5.04. The van der Waals surface area contributed by atoms with Crippen molar-refractivity contribution in [3.63, 3.8) is 0 Å². The molecular formula is C13H19N3O2S. The molecule has 0 saturated carbocycles. The number of nitrogens with zero attached hydrogens (tertiary/aromatic N) is 1. The monoisotopic (exact) mass is 281 g/mol. The highest BCUT2D eigenvalue weighted by molar-refractivity contribution is 7.80. The zero-order valence-electron chi connectivity index (χ0n) is 11.4. The number of benzene rings is 1. The van der Waals surface area contributed by atoms with Crippen molar-refractivity contribution in [2.24, 2.45) is 5.73 Å². The van der Waals surface area contributed by atoms with E-state index in [1.165, 1.54) is 0 Å². The molecule has 0 aliphatic carbocycles. The summed E-state index contributed by atoms with van der Waals surface area (Å²) < 4.78 is 5.20. The fourth-order valence-electron chi connectivity index (χ4n) is 1.68. The minimum Gasteiger partial charge on any atom is -0.497 e. The number of nitrogens with two attached hydrogens (primary N) is 1. The number of anilines is 1. The fourth-order valence-corrected chi connectivity index (χ4v) is 1.85. The standard InChI is InChI=1S/C13H19N3O2S/c1-15-12(17)6-7-16(2)11-8-9(18-3)4-5-10(11)13(14)19/h4-5,8H,6-7H2,1-3H3,(H2,14,19)(H,15,17). The number of amides is 1. The number of hydrogen-bond acceptors (Lipinski definition) is 4. The third kappa shape index (κ3) is 4.10. The van der Waals surface area contributed by atoms with Gasteiger partial charge in [-0.1, -0.05) is 12.2 Å². The maximum atomic E-state index is 11.3. The average molecular weight is 281 g/mol. The van der Waals surface area contributed by atoms with Gasteiger partial charge in [0.05, 0.1) is 12.8 Å². The van der Waals surface area contributed by atoms with E-state index < -0.39 is 0 Å². The molecule has 0 saturated heterocycles. The van der Waals surface area contributed by atoms with Crippen LogP contribution >= 0.6 is 12.2 Å². The molecule has 0 unspecified atom stereocenters. The van der Waals surface area contributed by atoms with E-state index in [1.54, 1.807) is 14.2 Å². The zero-order valence-corrected chi connectivity index (χ0v) is 12.2. The van der Waals surface area contributed by atoms with Gasteiger partial charge in [0.2, 0.25) is 5.91 Å². The summed E-state index contributed by atoms with van der Waals surface area (Å²) in [6.45, 7) is 0.572. The summed E-state index contributed by atoms with van der Waals surface area (Å²) in [5.41, 5.74) is 7.34. The van der Waals surface area contributed by atoms with Gasteiger partial charge in [-0.2, -0.15) is 0 Å². The highest BCUT2D eigenvalue weighted by Crippen LogP contribution is 2.25. The second kappa shape index (κ2) is 6.94. The molecule has 5 nitrogen and oxygen atoms in total. The zero-order chi connectivity index (χ0) is 14.4. The van der Waals surface area contributed by atoms with Crippen LogP contribution in [0.5, 0.6) is 5.75 Å². The maximum absolute atomic E-state index is 11.3. The van der Waals surface area contributed by atoms with Gasteiger partial charge >= 0.3 is 0 Å². The molecule has 0 heterocycles. The van der Waals surface area contributed by atoms with Crippen molar-refractivity contribution >= 4 is 28.8 Å². The Morgan fingerprint density at radius 3 is 2.74 bits per heavy atom. The molecule has 0 bridgehead atoms. The van der Waals surface area contributed by atoms with Crippen LogP contribution in [0.2, 0.25) is 0 Å². The molecule has 1 amide bonds. The molecule has 0 aromatic heterocycles. The van der Waals surface area contributed by atoms with Gasteiger partial charge in [-0.15, -0.1) is 0 Å². The van der Waals surface area contributed by atoms with Gasteiger partial charge in [0.25, 0.3) is 0 Å². The quantitative estimate of drug-likeness (QED) is 0.758. The molecule has 104 valence electrons. The van der Waals surface area contributed by atoms with Crippen LogP contribution in [-0.2, 0) is 4.79 Å². The van der Waals surface area contributed by atoms with Crippen LogP contribution in [0.1, 0.15) is 12.0 Å². The van der Waals surface area contributed by atoms with E-state index >= 15 is 0 Å². The van der Waals surface area contributed by atoms with E-state index in [-0.39, 0.29) is 5.91 Å². The molecule has 6 heteroatoms. The number of thiocarbonyl (C=S) groups is 1. The Kier molecular flexibility index (Phi) is 5.57. The summed E-state index contributed by atoms with van der Waals surface area (Å²) in [6.07, 6.45) is 0.404. The Labute approximate surface area is 118 Å². The first-order valence-corrected chi connectivity index (χ1v) is 6.30. The van der Waals surface area contributed by atoms with E-state index in [2.05, 4.69) is 5.32 Å². The van der Waals surface area contributed by atoms with Crippen LogP contribution in [0.15, 0.2) is 18.2 Å². The summed E-state index contributed by atoms with van der Waals surface area (Å²) in [4.78, 5) is 13.5. The third-order valence-corrected chi connectivity index (χ3v) is 3.05. The van der Waals surface area contributed by atoms with E-state index in [9.17, 15) is 4.79 Å². The van der Waals surface area contributed by atoms with Crippen LogP contribution in [-0.4, -0.2) is 38.6 Å². The number of carbonyl (C=O) groups is 1. The van der Waals surface area contributed by atoms with Gasteiger partial charge in [0.1, 0.15) is 10.7 Å². The van der Waals surface area contributed by atoms with Crippen LogP contribution < -0.4 is 20.7 Å². The minimum absolute atomic E-state index is 0.00776. The lowest BCUT2D eigenvalue weighted by molar-refractivity contribution is -0.120. The van der Waals surface area contributed by atoms with Gasteiger partial charge < -0.3 is 20.7 Å². The fraction of sp³-hybridized carbons (Fsp3) is 0.385. The van der Waals surface area contributed by atoms with Gasteiger partial charge in [-0.25, -0.2) is 0 Å². The molecule has 3 N–H and O–H groups in total. The lowest BCUT2D eigenvalue weighted by atomic mass is 10.1. The van der Waals surface area contributed by atoms with Crippen molar-refractivity contribution < 1.29 is 9.53 Å². The van der Waals surface area contributed by atoms with Crippen molar-refractivity contribution in [2.75, 3.05) is 32.6 Å². The number of nitrogens with one attached hydrogen (secondary N) is 1. The first-order chi connectivity index (χ1) is 8.99. The number of methoxy groups -OCH3 is 1. The molecule has 0 spiro atoms. The van der Waals surface area contributed by atoms with Crippen molar-refractivity contribution in [1.29, 1.82) is 0 Å². The highest BCUT2D eigenvalue weighted by Gasteiger charge is 2.12. The Hall–Kier alpha value is -1.82. The van der Waals surface area contributed by atoms with Crippen molar-refractivity contribution in [2.45, 2.75) is 6.42 Å². The SMILES string of the molecule is CNC(=O)CCN(C)c1cc(OC)ccc1C(N)=S. The van der Waals surface area contributed by atoms with Crippen LogP contribution in [0.4, 0.5) is 5.69 Å². The van der Waals surface area contributed by atoms with Crippen LogP contribution in [0.3, 0.4) is 0 Å². The second-order valence-electron chi connectivity index (χ2n) is 4.09. The number of hydrogen-bond donors (Lipinski definition) is 2. The summed E-state index contributed by atoms with van der Waals surface area (Å²) in [6, 6.07) is 5.50. The molecule has 0 aliphatic rings. The Morgan fingerprint density at radius 1 is 1.53 bits per heavy atom. The third-order valence-electron chi connectivity index (χ3n) is 2.83. The summed E-state index contributed by atoms with van der Waals surface area (Å²) in [7, 11) is 5.11. The normalized spacial score (nSPS) is 9.84. The van der Waals surface area contributed by atoms with Crippen molar-refractivity contribution in [3.8, 4) is 5.75 Å². The van der Waals surface area contributed by atoms with Crippen molar-refractivity contribution in [3.05, 3.63) is 23.8 Å². The molecule has 0 aliphatic heterocycles. The van der Waals surface area contributed by atoms with Gasteiger partial charge in [0, 0.05) is 38.7 Å². The molecule has 1 aromatic rings. The molecule has 0 radical (unpaired) electrons. The largest absolute Gasteiger partial charge is 0.497 e. The Morgan fingerprint density at radius 2 is 2.21 bits per heavy atom. The number of carbonyl (C=O) groups excluding carboxylic acids is 1.